The smallest absolute Gasteiger partial charge is 0.119 e. The van der Waals surface area contributed by atoms with Gasteiger partial charge in [-0.2, -0.15) is 0 Å². The fourth-order valence-corrected chi connectivity index (χ4v) is 2.74. The Hall–Kier alpha value is -1.26. The third-order valence-corrected chi connectivity index (χ3v) is 4.04. The molecule has 0 saturated heterocycles. The standard InChI is InChI=1S/C17H27NO3/c1-19-15-6-8-16(9-7-15)21-13-12-20-14-17(18)10-4-2-3-5-11-17/h6-9H,2-5,10-14,18H2,1H3. The molecule has 1 aliphatic carbocycles. The van der Waals surface area contributed by atoms with Crippen molar-refractivity contribution in [2.24, 2.45) is 5.73 Å². The van der Waals surface area contributed by atoms with E-state index >= 15 is 0 Å². The molecule has 1 saturated carbocycles. The summed E-state index contributed by atoms with van der Waals surface area (Å²) in [5.41, 5.74) is 6.28. The van der Waals surface area contributed by atoms with E-state index in [0.717, 1.165) is 24.3 Å². The Morgan fingerprint density at radius 1 is 0.952 bits per heavy atom. The van der Waals surface area contributed by atoms with E-state index in [2.05, 4.69) is 0 Å². The summed E-state index contributed by atoms with van der Waals surface area (Å²) in [6, 6.07) is 7.57. The van der Waals surface area contributed by atoms with Crippen LogP contribution in [0.4, 0.5) is 0 Å². The van der Waals surface area contributed by atoms with Crippen molar-refractivity contribution in [3.63, 3.8) is 0 Å². The molecule has 21 heavy (non-hydrogen) atoms. The molecular weight excluding hydrogens is 266 g/mol. The maximum absolute atomic E-state index is 6.40. The van der Waals surface area contributed by atoms with Gasteiger partial charge < -0.3 is 19.9 Å². The number of benzene rings is 1. The molecule has 0 heterocycles. The Morgan fingerprint density at radius 3 is 2.19 bits per heavy atom. The Morgan fingerprint density at radius 2 is 1.57 bits per heavy atom. The van der Waals surface area contributed by atoms with Crippen molar-refractivity contribution in [1.82, 2.24) is 0 Å². The third kappa shape index (κ3) is 5.56. The third-order valence-electron chi connectivity index (χ3n) is 4.04. The summed E-state index contributed by atoms with van der Waals surface area (Å²) < 4.78 is 16.5. The van der Waals surface area contributed by atoms with Crippen molar-refractivity contribution in [2.45, 2.75) is 44.1 Å². The number of methoxy groups -OCH3 is 1. The molecule has 2 N–H and O–H groups in total. The van der Waals surface area contributed by atoms with Crippen molar-refractivity contribution < 1.29 is 14.2 Å². The minimum absolute atomic E-state index is 0.128. The number of ether oxygens (including phenoxy) is 3. The number of hydrogen-bond donors (Lipinski definition) is 1. The van der Waals surface area contributed by atoms with Crippen LogP contribution in [0.5, 0.6) is 11.5 Å². The van der Waals surface area contributed by atoms with Crippen LogP contribution in [0.1, 0.15) is 38.5 Å². The van der Waals surface area contributed by atoms with Gasteiger partial charge in [0.1, 0.15) is 18.1 Å². The van der Waals surface area contributed by atoms with Gasteiger partial charge in [-0.3, -0.25) is 0 Å². The minimum atomic E-state index is -0.128. The highest BCUT2D eigenvalue weighted by Crippen LogP contribution is 2.25. The summed E-state index contributed by atoms with van der Waals surface area (Å²) in [6.07, 6.45) is 7.21. The largest absolute Gasteiger partial charge is 0.497 e. The number of rotatable bonds is 7. The Balaban J connectivity index is 1.62. The van der Waals surface area contributed by atoms with Gasteiger partial charge in [0.2, 0.25) is 0 Å². The average Bonchev–Trinajstić information content (AvgIpc) is 2.73. The van der Waals surface area contributed by atoms with Crippen LogP contribution >= 0.6 is 0 Å². The molecule has 0 bridgehead atoms. The second-order valence-corrected chi connectivity index (χ2v) is 5.85. The normalized spacial score (nSPS) is 18.0. The predicted octanol–water partition coefficient (Wildman–Crippen LogP) is 3.14. The molecule has 0 radical (unpaired) electrons. The van der Waals surface area contributed by atoms with Crippen LogP contribution in [0, 0.1) is 0 Å². The fraction of sp³-hybridized carbons (Fsp3) is 0.647. The first kappa shape index (κ1) is 16.1. The zero-order chi connectivity index (χ0) is 15.0. The van der Waals surface area contributed by atoms with Crippen LogP contribution < -0.4 is 15.2 Å². The summed E-state index contributed by atoms with van der Waals surface area (Å²) in [6.45, 7) is 1.76. The summed E-state index contributed by atoms with van der Waals surface area (Å²) in [7, 11) is 1.65. The summed E-state index contributed by atoms with van der Waals surface area (Å²) >= 11 is 0. The molecule has 0 aliphatic heterocycles. The molecule has 0 aromatic heterocycles. The minimum Gasteiger partial charge on any atom is -0.497 e. The van der Waals surface area contributed by atoms with E-state index in [1.54, 1.807) is 7.11 Å². The SMILES string of the molecule is COc1ccc(OCCOCC2(N)CCCCCC2)cc1. The molecule has 1 fully saturated rings. The van der Waals surface area contributed by atoms with Crippen LogP contribution in [-0.4, -0.2) is 32.5 Å². The molecular formula is C17H27NO3. The molecule has 4 nitrogen and oxygen atoms in total. The lowest BCUT2D eigenvalue weighted by Crippen LogP contribution is -2.44. The van der Waals surface area contributed by atoms with E-state index in [9.17, 15) is 0 Å². The first-order valence-corrected chi connectivity index (χ1v) is 7.85. The van der Waals surface area contributed by atoms with Gasteiger partial charge in [-0.05, 0) is 37.1 Å². The van der Waals surface area contributed by atoms with Gasteiger partial charge in [-0.1, -0.05) is 25.7 Å². The highest BCUT2D eigenvalue weighted by molar-refractivity contribution is 5.31. The van der Waals surface area contributed by atoms with E-state index in [-0.39, 0.29) is 5.54 Å². The van der Waals surface area contributed by atoms with E-state index in [1.807, 2.05) is 24.3 Å². The van der Waals surface area contributed by atoms with Crippen molar-refractivity contribution >= 4 is 0 Å². The molecule has 0 amide bonds. The van der Waals surface area contributed by atoms with E-state index < -0.39 is 0 Å². The van der Waals surface area contributed by atoms with Gasteiger partial charge in [0.05, 0.1) is 20.3 Å². The van der Waals surface area contributed by atoms with Crippen LogP contribution in [0.2, 0.25) is 0 Å². The summed E-state index contributed by atoms with van der Waals surface area (Å²) in [5, 5.41) is 0. The van der Waals surface area contributed by atoms with Gasteiger partial charge in [-0.15, -0.1) is 0 Å². The van der Waals surface area contributed by atoms with Crippen LogP contribution in [0.3, 0.4) is 0 Å². The van der Waals surface area contributed by atoms with Gasteiger partial charge in [0.25, 0.3) is 0 Å². The van der Waals surface area contributed by atoms with E-state index in [1.165, 1.54) is 25.7 Å². The summed E-state index contributed by atoms with van der Waals surface area (Å²) in [4.78, 5) is 0. The Labute approximate surface area is 127 Å². The highest BCUT2D eigenvalue weighted by atomic mass is 16.5. The summed E-state index contributed by atoms with van der Waals surface area (Å²) in [5.74, 6) is 1.66. The maximum atomic E-state index is 6.40. The zero-order valence-corrected chi connectivity index (χ0v) is 13.0. The zero-order valence-electron chi connectivity index (χ0n) is 13.0. The first-order chi connectivity index (χ1) is 10.2. The second kappa shape index (κ2) is 8.25. The molecule has 118 valence electrons. The van der Waals surface area contributed by atoms with Crippen molar-refractivity contribution in [3.8, 4) is 11.5 Å². The molecule has 1 aromatic rings. The highest BCUT2D eigenvalue weighted by Gasteiger charge is 2.26. The molecule has 2 rings (SSSR count). The Bertz CT molecular complexity index is 397. The molecule has 1 aliphatic rings. The van der Waals surface area contributed by atoms with Crippen molar-refractivity contribution in [1.29, 1.82) is 0 Å². The molecule has 0 spiro atoms. The topological polar surface area (TPSA) is 53.7 Å². The lowest BCUT2D eigenvalue weighted by Gasteiger charge is -2.27. The van der Waals surface area contributed by atoms with Crippen LogP contribution in [-0.2, 0) is 4.74 Å². The lowest BCUT2D eigenvalue weighted by molar-refractivity contribution is 0.0574. The predicted molar refractivity (Wildman–Crippen MR) is 83.9 cm³/mol. The quantitative estimate of drug-likeness (QED) is 0.620. The lowest BCUT2D eigenvalue weighted by atomic mass is 9.93. The van der Waals surface area contributed by atoms with Crippen LogP contribution in [0.15, 0.2) is 24.3 Å². The second-order valence-electron chi connectivity index (χ2n) is 5.85. The van der Waals surface area contributed by atoms with E-state index in [4.69, 9.17) is 19.9 Å². The fourth-order valence-electron chi connectivity index (χ4n) is 2.74. The monoisotopic (exact) mass is 293 g/mol. The molecule has 1 aromatic carbocycles. The van der Waals surface area contributed by atoms with Gasteiger partial charge in [0.15, 0.2) is 0 Å². The number of nitrogens with two attached hydrogens (primary N) is 1. The van der Waals surface area contributed by atoms with Crippen molar-refractivity contribution in [3.05, 3.63) is 24.3 Å². The van der Waals surface area contributed by atoms with Crippen molar-refractivity contribution in [2.75, 3.05) is 26.9 Å². The molecule has 0 atom stereocenters. The van der Waals surface area contributed by atoms with Gasteiger partial charge >= 0.3 is 0 Å². The molecule has 0 unspecified atom stereocenters. The van der Waals surface area contributed by atoms with E-state index in [0.29, 0.717) is 19.8 Å². The number of hydrogen-bond acceptors (Lipinski definition) is 4. The Kier molecular flexibility index (Phi) is 6.33. The average molecular weight is 293 g/mol. The molecule has 4 heteroatoms. The van der Waals surface area contributed by atoms with Gasteiger partial charge in [0, 0.05) is 5.54 Å². The maximum Gasteiger partial charge on any atom is 0.119 e. The van der Waals surface area contributed by atoms with Gasteiger partial charge in [-0.25, -0.2) is 0 Å². The first-order valence-electron chi connectivity index (χ1n) is 7.85. The van der Waals surface area contributed by atoms with Crippen LogP contribution in [0.25, 0.3) is 0 Å².